The minimum absolute atomic E-state index is 0.0185. The normalized spacial score (nSPS) is 11.2. The number of nitriles is 1. The van der Waals surface area contributed by atoms with Crippen LogP contribution < -0.4 is 10.6 Å². The zero-order valence-electron chi connectivity index (χ0n) is 15.1. The second-order valence-electron chi connectivity index (χ2n) is 6.33. The summed E-state index contributed by atoms with van der Waals surface area (Å²) in [5.74, 6) is -0.164. The maximum atomic E-state index is 12.5. The SMILES string of the molecule is Cc1cccc(C(C)C)c1NC(=O)/C(C#N)=C\NCc1cccc(Cl)c1. The van der Waals surface area contributed by atoms with E-state index in [1.807, 2.05) is 49.4 Å². The molecular formula is C21H22ClN3O. The van der Waals surface area contributed by atoms with Crippen LogP contribution in [0.3, 0.4) is 0 Å². The lowest BCUT2D eigenvalue weighted by Crippen LogP contribution is -2.18. The van der Waals surface area contributed by atoms with Crippen LogP contribution in [0.25, 0.3) is 0 Å². The standard InChI is InChI=1S/C21H22ClN3O/c1-14(2)19-9-4-6-15(3)20(19)25-21(26)17(11-23)13-24-12-16-7-5-8-18(22)10-16/h4-10,13-14,24H,12H2,1-3H3,(H,25,26)/b17-13-. The Bertz CT molecular complexity index is 866. The summed E-state index contributed by atoms with van der Waals surface area (Å²) in [4.78, 5) is 12.5. The number of aryl methyl sites for hydroxylation is 1. The van der Waals surface area contributed by atoms with E-state index in [0.29, 0.717) is 11.6 Å². The van der Waals surface area contributed by atoms with Gasteiger partial charge in [-0.25, -0.2) is 0 Å². The molecule has 2 N–H and O–H groups in total. The number of carbonyl (C=O) groups is 1. The Morgan fingerprint density at radius 2 is 2.00 bits per heavy atom. The zero-order valence-corrected chi connectivity index (χ0v) is 15.9. The maximum Gasteiger partial charge on any atom is 0.267 e. The fourth-order valence-electron chi connectivity index (χ4n) is 2.59. The van der Waals surface area contributed by atoms with Crippen LogP contribution in [0.4, 0.5) is 5.69 Å². The van der Waals surface area contributed by atoms with Gasteiger partial charge in [0.05, 0.1) is 0 Å². The van der Waals surface area contributed by atoms with E-state index in [2.05, 4.69) is 24.5 Å². The van der Waals surface area contributed by atoms with Crippen LogP contribution in [-0.4, -0.2) is 5.91 Å². The molecule has 0 aliphatic carbocycles. The molecule has 0 saturated carbocycles. The highest BCUT2D eigenvalue weighted by Crippen LogP contribution is 2.27. The van der Waals surface area contributed by atoms with E-state index in [1.54, 1.807) is 6.07 Å². The lowest BCUT2D eigenvalue weighted by atomic mass is 9.98. The summed E-state index contributed by atoms with van der Waals surface area (Å²) in [6.45, 7) is 6.55. The number of para-hydroxylation sites is 1. The van der Waals surface area contributed by atoms with Crippen molar-refractivity contribution >= 4 is 23.2 Å². The predicted molar refractivity (Wildman–Crippen MR) is 106 cm³/mol. The molecule has 0 spiro atoms. The van der Waals surface area contributed by atoms with Crippen molar-refractivity contribution in [1.29, 1.82) is 5.26 Å². The summed E-state index contributed by atoms with van der Waals surface area (Å²) in [6, 6.07) is 15.2. The first kappa shape index (κ1) is 19.6. The average molecular weight is 368 g/mol. The number of amides is 1. The van der Waals surface area contributed by atoms with Crippen molar-refractivity contribution in [1.82, 2.24) is 5.32 Å². The van der Waals surface area contributed by atoms with E-state index < -0.39 is 5.91 Å². The molecule has 5 heteroatoms. The Hall–Kier alpha value is -2.77. The Morgan fingerprint density at radius 3 is 2.65 bits per heavy atom. The highest BCUT2D eigenvalue weighted by molar-refractivity contribution is 6.30. The molecule has 2 aromatic rings. The second-order valence-corrected chi connectivity index (χ2v) is 6.77. The van der Waals surface area contributed by atoms with Crippen molar-refractivity contribution < 1.29 is 4.79 Å². The monoisotopic (exact) mass is 367 g/mol. The first-order valence-corrected chi connectivity index (χ1v) is 8.79. The summed E-state index contributed by atoms with van der Waals surface area (Å²) in [5, 5.41) is 15.8. The summed E-state index contributed by atoms with van der Waals surface area (Å²) < 4.78 is 0. The van der Waals surface area contributed by atoms with Gasteiger partial charge in [-0.2, -0.15) is 5.26 Å². The molecule has 0 saturated heterocycles. The van der Waals surface area contributed by atoms with Crippen molar-refractivity contribution in [3.05, 3.63) is 76.0 Å². The molecule has 1 amide bonds. The van der Waals surface area contributed by atoms with E-state index in [0.717, 1.165) is 22.4 Å². The number of carbonyl (C=O) groups excluding carboxylic acids is 1. The number of benzene rings is 2. The number of halogens is 1. The molecule has 0 fully saturated rings. The van der Waals surface area contributed by atoms with Crippen LogP contribution in [0.5, 0.6) is 0 Å². The van der Waals surface area contributed by atoms with E-state index in [9.17, 15) is 10.1 Å². The summed E-state index contributed by atoms with van der Waals surface area (Å²) in [5.41, 5.74) is 3.76. The topological polar surface area (TPSA) is 64.9 Å². The van der Waals surface area contributed by atoms with Gasteiger partial charge in [-0.3, -0.25) is 4.79 Å². The van der Waals surface area contributed by atoms with Gasteiger partial charge in [0.25, 0.3) is 5.91 Å². The minimum atomic E-state index is -0.428. The van der Waals surface area contributed by atoms with Crippen LogP contribution in [0.2, 0.25) is 5.02 Å². The molecule has 134 valence electrons. The van der Waals surface area contributed by atoms with Crippen molar-refractivity contribution in [2.75, 3.05) is 5.32 Å². The largest absolute Gasteiger partial charge is 0.386 e. The quantitative estimate of drug-likeness (QED) is 0.563. The predicted octanol–water partition coefficient (Wildman–Crippen LogP) is 4.91. The van der Waals surface area contributed by atoms with Crippen LogP contribution in [0, 0.1) is 18.3 Å². The van der Waals surface area contributed by atoms with Gasteiger partial charge in [0.15, 0.2) is 0 Å². The van der Waals surface area contributed by atoms with Crippen molar-refractivity contribution in [2.24, 2.45) is 0 Å². The molecule has 0 atom stereocenters. The van der Waals surface area contributed by atoms with E-state index in [1.165, 1.54) is 6.20 Å². The third-order valence-electron chi connectivity index (χ3n) is 3.97. The Morgan fingerprint density at radius 1 is 1.27 bits per heavy atom. The molecule has 0 radical (unpaired) electrons. The van der Waals surface area contributed by atoms with Crippen LogP contribution in [0.15, 0.2) is 54.2 Å². The molecule has 0 aromatic heterocycles. The average Bonchev–Trinajstić information content (AvgIpc) is 2.60. The highest BCUT2D eigenvalue weighted by atomic mass is 35.5. The summed E-state index contributed by atoms with van der Waals surface area (Å²) in [7, 11) is 0. The molecule has 0 aliphatic heterocycles. The first-order valence-electron chi connectivity index (χ1n) is 8.41. The number of rotatable bonds is 6. The smallest absolute Gasteiger partial charge is 0.267 e. The van der Waals surface area contributed by atoms with Gasteiger partial charge >= 0.3 is 0 Å². The van der Waals surface area contributed by atoms with E-state index >= 15 is 0 Å². The Balaban J connectivity index is 2.11. The summed E-state index contributed by atoms with van der Waals surface area (Å²) >= 11 is 5.95. The second kappa shape index (κ2) is 9.07. The van der Waals surface area contributed by atoms with Gasteiger partial charge in [-0.1, -0.05) is 55.8 Å². The number of nitrogens with zero attached hydrogens (tertiary/aromatic N) is 1. The van der Waals surface area contributed by atoms with Crippen LogP contribution in [0.1, 0.15) is 36.5 Å². The Kier molecular flexibility index (Phi) is 6.82. The van der Waals surface area contributed by atoms with Gasteiger partial charge in [0.1, 0.15) is 11.6 Å². The Labute approximate surface area is 159 Å². The lowest BCUT2D eigenvalue weighted by molar-refractivity contribution is -0.112. The zero-order chi connectivity index (χ0) is 19.1. The van der Waals surface area contributed by atoms with Crippen molar-refractivity contribution in [3.63, 3.8) is 0 Å². The fourth-order valence-corrected chi connectivity index (χ4v) is 2.80. The molecule has 26 heavy (non-hydrogen) atoms. The molecule has 2 rings (SSSR count). The van der Waals surface area contributed by atoms with Crippen LogP contribution in [-0.2, 0) is 11.3 Å². The first-order chi connectivity index (χ1) is 12.4. The van der Waals surface area contributed by atoms with E-state index in [-0.39, 0.29) is 11.5 Å². The third-order valence-corrected chi connectivity index (χ3v) is 4.21. The molecule has 0 aliphatic rings. The summed E-state index contributed by atoms with van der Waals surface area (Å²) in [6.07, 6.45) is 1.43. The maximum absolute atomic E-state index is 12.5. The molecule has 0 unspecified atom stereocenters. The highest BCUT2D eigenvalue weighted by Gasteiger charge is 2.15. The number of nitrogens with one attached hydrogen (secondary N) is 2. The van der Waals surface area contributed by atoms with Gasteiger partial charge in [-0.05, 0) is 41.7 Å². The van der Waals surface area contributed by atoms with Crippen molar-refractivity contribution in [3.8, 4) is 6.07 Å². The molecular weight excluding hydrogens is 346 g/mol. The number of hydrogen-bond donors (Lipinski definition) is 2. The fraction of sp³-hybridized carbons (Fsp3) is 0.238. The van der Waals surface area contributed by atoms with Gasteiger partial charge in [0, 0.05) is 23.5 Å². The molecule has 0 heterocycles. The molecule has 0 bridgehead atoms. The minimum Gasteiger partial charge on any atom is -0.386 e. The van der Waals surface area contributed by atoms with Gasteiger partial charge in [-0.15, -0.1) is 0 Å². The van der Waals surface area contributed by atoms with Gasteiger partial charge < -0.3 is 10.6 Å². The number of hydrogen-bond acceptors (Lipinski definition) is 3. The van der Waals surface area contributed by atoms with Crippen molar-refractivity contribution in [2.45, 2.75) is 33.2 Å². The van der Waals surface area contributed by atoms with Gasteiger partial charge in [0.2, 0.25) is 0 Å². The number of anilines is 1. The third kappa shape index (κ3) is 5.11. The molecule has 4 nitrogen and oxygen atoms in total. The van der Waals surface area contributed by atoms with E-state index in [4.69, 9.17) is 11.6 Å². The molecule has 2 aromatic carbocycles. The lowest BCUT2D eigenvalue weighted by Gasteiger charge is -2.16. The van der Waals surface area contributed by atoms with Crippen LogP contribution >= 0.6 is 11.6 Å².